The first kappa shape index (κ1) is 20.8. The molecule has 1 N–H and O–H groups in total. The van der Waals surface area contributed by atoms with Crippen LogP contribution in [0.4, 0.5) is 0 Å². The van der Waals surface area contributed by atoms with Crippen LogP contribution in [-0.4, -0.2) is 24.3 Å². The van der Waals surface area contributed by atoms with Crippen molar-refractivity contribution in [3.8, 4) is 11.5 Å². The summed E-state index contributed by atoms with van der Waals surface area (Å²) in [6.07, 6.45) is 1.88. The number of benzene rings is 2. The Morgan fingerprint density at radius 1 is 0.963 bits per heavy atom. The number of carbonyl (C=O) groups excluding carboxylic acids is 1. The fourth-order valence-electron chi connectivity index (χ4n) is 3.63. The highest BCUT2D eigenvalue weighted by atomic mass is 16.6. The number of rotatable bonds is 8. The normalized spacial score (nSPS) is 11.3. The van der Waals surface area contributed by atoms with Crippen molar-refractivity contribution < 1.29 is 19.4 Å². The molecule has 0 heterocycles. The molecule has 0 aliphatic heterocycles. The van der Waals surface area contributed by atoms with E-state index in [-0.39, 0.29) is 18.0 Å². The number of aryl methyl sites for hydroxylation is 2. The lowest BCUT2D eigenvalue weighted by Gasteiger charge is -2.34. The molecule has 0 aliphatic carbocycles. The van der Waals surface area contributed by atoms with Crippen LogP contribution in [0.3, 0.4) is 0 Å². The zero-order valence-corrected chi connectivity index (χ0v) is 17.0. The van der Waals surface area contributed by atoms with Crippen LogP contribution < -0.4 is 4.74 Å². The van der Waals surface area contributed by atoms with Gasteiger partial charge in [0, 0.05) is 5.41 Å². The Kier molecular flexibility index (Phi) is 6.89. The molecule has 2 aromatic rings. The number of ether oxygens (including phenoxy) is 2. The molecule has 4 heteroatoms. The van der Waals surface area contributed by atoms with Crippen LogP contribution in [0.15, 0.2) is 36.4 Å². The highest BCUT2D eigenvalue weighted by Crippen LogP contribution is 2.41. The van der Waals surface area contributed by atoms with Gasteiger partial charge in [0.1, 0.15) is 11.5 Å². The zero-order chi connectivity index (χ0) is 20.0. The molecule has 2 aromatic carbocycles. The third kappa shape index (κ3) is 4.44. The smallest absolute Gasteiger partial charge is 0.344 e. The SMILES string of the molecule is CCOC(=O)COc1ccc(C(CC)(CC)c2ccc(O)c(C)c2)cc1C. The summed E-state index contributed by atoms with van der Waals surface area (Å²) in [5, 5.41) is 9.89. The summed E-state index contributed by atoms with van der Waals surface area (Å²) in [6, 6.07) is 12.0. The largest absolute Gasteiger partial charge is 0.508 e. The Hall–Kier alpha value is -2.49. The van der Waals surface area contributed by atoms with Crippen LogP contribution in [0.1, 0.15) is 55.9 Å². The first-order valence-electron chi connectivity index (χ1n) is 9.57. The van der Waals surface area contributed by atoms with Crippen LogP contribution >= 0.6 is 0 Å². The second kappa shape index (κ2) is 8.94. The molecule has 0 fully saturated rings. The summed E-state index contributed by atoms with van der Waals surface area (Å²) in [6.45, 7) is 10.3. The molecule has 0 unspecified atom stereocenters. The quantitative estimate of drug-likeness (QED) is 0.660. The number of hydrogen-bond acceptors (Lipinski definition) is 4. The third-order valence-corrected chi connectivity index (χ3v) is 5.33. The maximum Gasteiger partial charge on any atom is 0.344 e. The Bertz CT molecular complexity index is 791. The minimum atomic E-state index is -0.364. The molecule has 0 amide bonds. The maximum atomic E-state index is 11.5. The van der Waals surface area contributed by atoms with E-state index in [9.17, 15) is 9.90 Å². The summed E-state index contributed by atoms with van der Waals surface area (Å²) >= 11 is 0. The minimum Gasteiger partial charge on any atom is -0.508 e. The van der Waals surface area contributed by atoms with E-state index in [0.29, 0.717) is 18.1 Å². The van der Waals surface area contributed by atoms with E-state index in [0.717, 1.165) is 24.0 Å². The number of phenols is 1. The van der Waals surface area contributed by atoms with Gasteiger partial charge in [-0.25, -0.2) is 4.79 Å². The van der Waals surface area contributed by atoms with Crippen LogP contribution in [0, 0.1) is 13.8 Å². The lowest BCUT2D eigenvalue weighted by atomic mass is 9.70. The Morgan fingerprint density at radius 3 is 2.07 bits per heavy atom. The van der Waals surface area contributed by atoms with Crippen LogP contribution in [-0.2, 0) is 14.9 Å². The van der Waals surface area contributed by atoms with Gasteiger partial charge < -0.3 is 14.6 Å². The molecule has 0 atom stereocenters. The maximum absolute atomic E-state index is 11.5. The summed E-state index contributed by atoms with van der Waals surface area (Å²) in [5.41, 5.74) is 4.13. The first-order valence-corrected chi connectivity index (χ1v) is 9.57. The molecule has 0 spiro atoms. The lowest BCUT2D eigenvalue weighted by molar-refractivity contribution is -0.145. The van der Waals surface area contributed by atoms with Crippen molar-refractivity contribution in [2.24, 2.45) is 0 Å². The third-order valence-electron chi connectivity index (χ3n) is 5.33. The van der Waals surface area contributed by atoms with E-state index in [4.69, 9.17) is 9.47 Å². The molecule has 146 valence electrons. The summed E-state index contributed by atoms with van der Waals surface area (Å²) in [5.74, 6) is 0.644. The van der Waals surface area contributed by atoms with Gasteiger partial charge in [-0.05, 0) is 68.0 Å². The van der Waals surface area contributed by atoms with Gasteiger partial charge in [0.25, 0.3) is 0 Å². The molecule has 0 saturated carbocycles. The second-order valence-electron chi connectivity index (χ2n) is 6.86. The average molecular weight is 370 g/mol. The van der Waals surface area contributed by atoms with Gasteiger partial charge >= 0.3 is 5.97 Å². The van der Waals surface area contributed by atoms with Crippen molar-refractivity contribution >= 4 is 5.97 Å². The number of esters is 1. The number of aromatic hydroxyl groups is 1. The highest BCUT2D eigenvalue weighted by molar-refractivity contribution is 5.71. The van der Waals surface area contributed by atoms with Gasteiger partial charge in [-0.3, -0.25) is 0 Å². The Morgan fingerprint density at radius 2 is 1.56 bits per heavy atom. The van der Waals surface area contributed by atoms with Gasteiger partial charge in [-0.2, -0.15) is 0 Å². The average Bonchev–Trinajstić information content (AvgIpc) is 2.65. The van der Waals surface area contributed by atoms with E-state index in [2.05, 4.69) is 32.0 Å². The second-order valence-corrected chi connectivity index (χ2v) is 6.86. The number of carbonyl (C=O) groups is 1. The topological polar surface area (TPSA) is 55.8 Å². The molecule has 4 nitrogen and oxygen atoms in total. The fourth-order valence-corrected chi connectivity index (χ4v) is 3.63. The highest BCUT2D eigenvalue weighted by Gasteiger charge is 2.31. The predicted molar refractivity (Wildman–Crippen MR) is 108 cm³/mol. The molecule has 0 radical (unpaired) electrons. The van der Waals surface area contributed by atoms with Gasteiger partial charge in [0.15, 0.2) is 6.61 Å². The van der Waals surface area contributed by atoms with Gasteiger partial charge in [-0.15, -0.1) is 0 Å². The molecule has 0 bridgehead atoms. The van der Waals surface area contributed by atoms with Crippen LogP contribution in [0.2, 0.25) is 0 Å². The van der Waals surface area contributed by atoms with Crippen molar-refractivity contribution in [1.29, 1.82) is 0 Å². The van der Waals surface area contributed by atoms with E-state index in [1.54, 1.807) is 13.0 Å². The van der Waals surface area contributed by atoms with Gasteiger partial charge in [-0.1, -0.05) is 38.1 Å². The van der Waals surface area contributed by atoms with Crippen molar-refractivity contribution in [3.63, 3.8) is 0 Å². The zero-order valence-electron chi connectivity index (χ0n) is 17.0. The Balaban J connectivity index is 2.36. The van der Waals surface area contributed by atoms with Crippen molar-refractivity contribution in [2.75, 3.05) is 13.2 Å². The monoisotopic (exact) mass is 370 g/mol. The predicted octanol–water partition coefficient (Wildman–Crippen LogP) is 5.06. The van der Waals surface area contributed by atoms with Crippen LogP contribution in [0.25, 0.3) is 0 Å². The van der Waals surface area contributed by atoms with Gasteiger partial charge in [0.2, 0.25) is 0 Å². The van der Waals surface area contributed by atoms with Crippen molar-refractivity contribution in [1.82, 2.24) is 0 Å². The molecule has 2 rings (SSSR count). The number of phenolic OH excluding ortho intramolecular Hbond substituents is 1. The Labute approximate surface area is 162 Å². The molecule has 27 heavy (non-hydrogen) atoms. The minimum absolute atomic E-state index is 0.0854. The molecule has 0 aliphatic rings. The molecule has 0 aromatic heterocycles. The summed E-state index contributed by atoms with van der Waals surface area (Å²) < 4.78 is 10.5. The number of hydrogen-bond donors (Lipinski definition) is 1. The van der Waals surface area contributed by atoms with Crippen molar-refractivity contribution in [3.05, 3.63) is 58.7 Å². The summed E-state index contributed by atoms with van der Waals surface area (Å²) in [7, 11) is 0. The fraction of sp³-hybridized carbons (Fsp3) is 0.435. The summed E-state index contributed by atoms with van der Waals surface area (Å²) in [4.78, 5) is 11.5. The van der Waals surface area contributed by atoms with E-state index >= 15 is 0 Å². The van der Waals surface area contributed by atoms with Crippen molar-refractivity contribution in [2.45, 2.75) is 52.9 Å². The van der Waals surface area contributed by atoms with E-state index < -0.39 is 0 Å². The standard InChI is InChI=1S/C23H30O4/c1-6-23(7-2,18-9-11-20(24)16(4)13-18)19-10-12-21(17(5)14-19)27-15-22(25)26-8-3/h9-14,24H,6-8,15H2,1-5H3. The molecular weight excluding hydrogens is 340 g/mol. The molecule has 0 saturated heterocycles. The first-order chi connectivity index (χ1) is 12.9. The van der Waals surface area contributed by atoms with E-state index in [1.807, 2.05) is 26.0 Å². The van der Waals surface area contributed by atoms with Gasteiger partial charge in [0.05, 0.1) is 6.61 Å². The molecular formula is C23H30O4. The lowest BCUT2D eigenvalue weighted by Crippen LogP contribution is -2.26. The van der Waals surface area contributed by atoms with Crippen LogP contribution in [0.5, 0.6) is 11.5 Å². The van der Waals surface area contributed by atoms with E-state index in [1.165, 1.54) is 11.1 Å².